The maximum atomic E-state index is 12.2. The van der Waals surface area contributed by atoms with Gasteiger partial charge in [-0.15, -0.1) is 0 Å². The van der Waals surface area contributed by atoms with Gasteiger partial charge in [0.05, 0.1) is 23.7 Å². The van der Waals surface area contributed by atoms with Crippen molar-refractivity contribution in [3.8, 4) is 0 Å². The number of anilines is 2. The minimum atomic E-state index is -0.417. The largest absolute Gasteiger partial charge is 0.369 e. The summed E-state index contributed by atoms with van der Waals surface area (Å²) in [6.45, 7) is 2.93. The number of piperazine rings is 1. The van der Waals surface area contributed by atoms with Crippen LogP contribution in [0, 0.1) is 10.1 Å². The zero-order chi connectivity index (χ0) is 21.5. The van der Waals surface area contributed by atoms with Crippen molar-refractivity contribution in [1.82, 2.24) is 10.2 Å². The molecule has 1 aliphatic rings. The second-order valence-electron chi connectivity index (χ2n) is 6.84. The number of nitrogens with one attached hydrogen (secondary N) is 2. The van der Waals surface area contributed by atoms with Crippen LogP contribution < -0.4 is 15.5 Å². The van der Waals surface area contributed by atoms with Crippen LogP contribution in [-0.2, 0) is 9.59 Å². The van der Waals surface area contributed by atoms with Crippen LogP contribution in [0.15, 0.2) is 53.0 Å². The number of halogens is 1. The van der Waals surface area contributed by atoms with Crippen molar-refractivity contribution in [2.45, 2.75) is 0 Å². The topological polar surface area (TPSA) is 108 Å². The molecule has 158 valence electrons. The van der Waals surface area contributed by atoms with E-state index in [-0.39, 0.29) is 30.6 Å². The van der Waals surface area contributed by atoms with E-state index < -0.39 is 4.92 Å². The number of non-ortho nitro benzene ring substituents is 1. The number of para-hydroxylation sites is 1. The molecule has 1 fully saturated rings. The lowest BCUT2D eigenvalue weighted by molar-refractivity contribution is -0.384. The van der Waals surface area contributed by atoms with Crippen molar-refractivity contribution in [1.29, 1.82) is 0 Å². The summed E-state index contributed by atoms with van der Waals surface area (Å²) in [6.07, 6.45) is 0. The second-order valence-corrected chi connectivity index (χ2v) is 7.70. The highest BCUT2D eigenvalue weighted by molar-refractivity contribution is 9.10. The lowest BCUT2D eigenvalue weighted by Gasteiger charge is -2.35. The van der Waals surface area contributed by atoms with Gasteiger partial charge in [-0.1, -0.05) is 12.1 Å². The van der Waals surface area contributed by atoms with Gasteiger partial charge in [-0.3, -0.25) is 24.6 Å². The zero-order valence-electron chi connectivity index (χ0n) is 16.2. The van der Waals surface area contributed by atoms with Crippen molar-refractivity contribution < 1.29 is 14.5 Å². The fourth-order valence-corrected chi connectivity index (χ4v) is 3.53. The molecule has 0 atom stereocenters. The first-order chi connectivity index (χ1) is 14.4. The molecule has 1 heterocycles. The molecule has 0 saturated carbocycles. The van der Waals surface area contributed by atoms with Crippen LogP contribution in [0.1, 0.15) is 0 Å². The molecular formula is C20H22BrN5O4. The molecule has 1 aliphatic heterocycles. The summed E-state index contributed by atoms with van der Waals surface area (Å²) in [5.41, 5.74) is 1.64. The number of benzene rings is 2. The van der Waals surface area contributed by atoms with Crippen LogP contribution >= 0.6 is 15.9 Å². The number of nitro groups is 1. The highest BCUT2D eigenvalue weighted by Crippen LogP contribution is 2.21. The van der Waals surface area contributed by atoms with E-state index in [1.165, 1.54) is 12.1 Å². The average Bonchev–Trinajstić information content (AvgIpc) is 2.74. The molecule has 30 heavy (non-hydrogen) atoms. The first-order valence-corrected chi connectivity index (χ1v) is 10.2. The Kier molecular flexibility index (Phi) is 7.36. The highest BCUT2D eigenvalue weighted by atomic mass is 79.9. The molecule has 3 rings (SSSR count). The number of hydrogen-bond donors (Lipinski definition) is 2. The van der Waals surface area contributed by atoms with Crippen molar-refractivity contribution in [3.63, 3.8) is 0 Å². The Hall–Kier alpha value is -2.98. The van der Waals surface area contributed by atoms with Crippen LogP contribution in [0.5, 0.6) is 0 Å². The number of rotatable bonds is 7. The first-order valence-electron chi connectivity index (χ1n) is 9.45. The standard InChI is InChI=1S/C20H22BrN5O4/c21-17-3-1-2-4-18(17)23-19(27)13-22-20(28)14-24-9-11-25(12-10-24)15-5-7-16(8-6-15)26(29)30/h1-8H,9-14H2,(H,22,28)(H,23,27). The van der Waals surface area contributed by atoms with Gasteiger partial charge in [-0.2, -0.15) is 0 Å². The third kappa shape index (κ3) is 6.01. The summed E-state index contributed by atoms with van der Waals surface area (Å²) in [4.78, 5) is 38.7. The van der Waals surface area contributed by atoms with E-state index in [9.17, 15) is 19.7 Å². The van der Waals surface area contributed by atoms with E-state index in [0.717, 1.165) is 10.2 Å². The van der Waals surface area contributed by atoms with Gasteiger partial charge in [0.2, 0.25) is 11.8 Å². The predicted octanol–water partition coefficient (Wildman–Crippen LogP) is 2.23. The number of nitrogens with zero attached hydrogens (tertiary/aromatic N) is 3. The smallest absolute Gasteiger partial charge is 0.269 e. The fraction of sp³-hybridized carbons (Fsp3) is 0.300. The van der Waals surface area contributed by atoms with Crippen molar-refractivity contribution in [3.05, 3.63) is 63.1 Å². The maximum Gasteiger partial charge on any atom is 0.269 e. The van der Waals surface area contributed by atoms with Crippen LogP contribution in [0.3, 0.4) is 0 Å². The quantitative estimate of drug-likeness (QED) is 0.469. The third-order valence-electron chi connectivity index (χ3n) is 4.76. The van der Waals surface area contributed by atoms with Gasteiger partial charge >= 0.3 is 0 Å². The highest BCUT2D eigenvalue weighted by Gasteiger charge is 2.20. The fourth-order valence-electron chi connectivity index (χ4n) is 3.14. The Morgan fingerprint density at radius 2 is 1.67 bits per heavy atom. The van der Waals surface area contributed by atoms with Gasteiger partial charge in [0.25, 0.3) is 5.69 Å². The molecule has 0 spiro atoms. The van der Waals surface area contributed by atoms with E-state index in [1.54, 1.807) is 18.2 Å². The first kappa shape index (κ1) is 21.7. The van der Waals surface area contributed by atoms with Crippen molar-refractivity contribution in [2.75, 3.05) is 49.5 Å². The minimum absolute atomic E-state index is 0.0673. The Morgan fingerprint density at radius 1 is 1.00 bits per heavy atom. The Morgan fingerprint density at radius 3 is 2.30 bits per heavy atom. The number of amides is 2. The molecule has 1 saturated heterocycles. The molecular weight excluding hydrogens is 454 g/mol. The third-order valence-corrected chi connectivity index (χ3v) is 5.45. The van der Waals surface area contributed by atoms with E-state index >= 15 is 0 Å². The van der Waals surface area contributed by atoms with Gasteiger partial charge in [0, 0.05) is 48.5 Å². The average molecular weight is 476 g/mol. The normalized spacial score (nSPS) is 14.2. The van der Waals surface area contributed by atoms with E-state index in [4.69, 9.17) is 0 Å². The van der Waals surface area contributed by atoms with E-state index in [0.29, 0.717) is 31.9 Å². The number of hydrogen-bond acceptors (Lipinski definition) is 6. The van der Waals surface area contributed by atoms with Crippen LogP contribution in [0.4, 0.5) is 17.1 Å². The summed E-state index contributed by atoms with van der Waals surface area (Å²) in [6, 6.07) is 13.7. The number of carbonyl (C=O) groups excluding carboxylic acids is 2. The number of nitro benzene ring substituents is 1. The second kappa shape index (κ2) is 10.2. The molecule has 10 heteroatoms. The van der Waals surface area contributed by atoms with Gasteiger partial charge in [0.1, 0.15) is 0 Å². The van der Waals surface area contributed by atoms with E-state index in [2.05, 4.69) is 31.5 Å². The van der Waals surface area contributed by atoms with Crippen LogP contribution in [-0.4, -0.2) is 60.9 Å². The summed E-state index contributed by atoms with van der Waals surface area (Å²) < 4.78 is 0.774. The predicted molar refractivity (Wildman–Crippen MR) is 118 cm³/mol. The minimum Gasteiger partial charge on any atom is -0.369 e. The molecule has 2 N–H and O–H groups in total. The molecule has 0 aliphatic carbocycles. The van der Waals surface area contributed by atoms with Gasteiger partial charge in [0.15, 0.2) is 0 Å². The Bertz CT molecular complexity index is 914. The van der Waals surface area contributed by atoms with Gasteiger partial charge in [-0.25, -0.2) is 0 Å². The van der Waals surface area contributed by atoms with Gasteiger partial charge in [-0.05, 0) is 40.2 Å². The Balaban J connectivity index is 1.39. The summed E-state index contributed by atoms with van der Waals surface area (Å²) in [5, 5.41) is 16.1. The molecule has 2 aromatic rings. The molecule has 2 amide bonds. The molecule has 0 radical (unpaired) electrons. The lowest BCUT2D eigenvalue weighted by atomic mass is 10.2. The molecule has 9 nitrogen and oxygen atoms in total. The van der Waals surface area contributed by atoms with E-state index in [1.807, 2.05) is 23.1 Å². The molecule has 0 bridgehead atoms. The summed E-state index contributed by atoms with van der Waals surface area (Å²) in [5.74, 6) is -0.501. The van der Waals surface area contributed by atoms with Crippen molar-refractivity contribution in [2.24, 2.45) is 0 Å². The summed E-state index contributed by atoms with van der Waals surface area (Å²) >= 11 is 3.36. The molecule has 2 aromatic carbocycles. The van der Waals surface area contributed by atoms with Crippen LogP contribution in [0.2, 0.25) is 0 Å². The SMILES string of the molecule is O=C(CN1CCN(c2ccc([N+](=O)[O-])cc2)CC1)NCC(=O)Nc1ccccc1Br. The van der Waals surface area contributed by atoms with Crippen LogP contribution in [0.25, 0.3) is 0 Å². The summed E-state index contributed by atoms with van der Waals surface area (Å²) in [7, 11) is 0. The molecule has 0 aromatic heterocycles. The maximum absolute atomic E-state index is 12.2. The van der Waals surface area contributed by atoms with Gasteiger partial charge < -0.3 is 15.5 Å². The Labute approximate surface area is 182 Å². The monoisotopic (exact) mass is 475 g/mol. The number of carbonyl (C=O) groups is 2. The molecule has 0 unspecified atom stereocenters. The lowest BCUT2D eigenvalue weighted by Crippen LogP contribution is -2.50. The zero-order valence-corrected chi connectivity index (χ0v) is 17.8. The van der Waals surface area contributed by atoms with Crippen molar-refractivity contribution >= 4 is 44.8 Å².